The van der Waals surface area contributed by atoms with Crippen molar-refractivity contribution in [2.45, 2.75) is 25.3 Å². The molecule has 1 aromatic heterocycles. The van der Waals surface area contributed by atoms with Crippen molar-refractivity contribution in [1.82, 2.24) is 14.9 Å². The second kappa shape index (κ2) is 7.38. The van der Waals surface area contributed by atoms with Crippen molar-refractivity contribution in [2.24, 2.45) is 0 Å². The molecular weight excluding hydrogens is 326 g/mol. The lowest BCUT2D eigenvalue weighted by atomic mass is 9.96. The Morgan fingerprint density at radius 2 is 1.81 bits per heavy atom. The number of piperidine rings is 1. The number of ether oxygens (including phenoxy) is 2. The molecule has 0 spiro atoms. The Hall–Kier alpha value is -2.53. The predicted octanol–water partition coefficient (Wildman–Crippen LogP) is 3.96. The summed E-state index contributed by atoms with van der Waals surface area (Å²) in [6, 6.07) is 14.3. The fourth-order valence-electron chi connectivity index (χ4n) is 3.72. The molecule has 0 unspecified atom stereocenters. The lowest BCUT2D eigenvalue weighted by molar-refractivity contribution is 0.202. The van der Waals surface area contributed by atoms with Crippen LogP contribution in [0.4, 0.5) is 0 Å². The summed E-state index contributed by atoms with van der Waals surface area (Å²) in [6.45, 7) is 3.14. The maximum atomic E-state index is 5.32. The van der Waals surface area contributed by atoms with Crippen LogP contribution in [-0.4, -0.2) is 42.2 Å². The van der Waals surface area contributed by atoms with E-state index in [4.69, 9.17) is 14.5 Å². The van der Waals surface area contributed by atoms with Gasteiger partial charge in [-0.3, -0.25) is 4.90 Å². The lowest BCUT2D eigenvalue weighted by Gasteiger charge is -2.31. The van der Waals surface area contributed by atoms with Gasteiger partial charge in [0.25, 0.3) is 0 Å². The Morgan fingerprint density at radius 3 is 2.58 bits per heavy atom. The maximum Gasteiger partial charge on any atom is 0.121 e. The maximum absolute atomic E-state index is 5.32. The average molecular weight is 351 g/mol. The van der Waals surface area contributed by atoms with Gasteiger partial charge in [-0.1, -0.05) is 12.1 Å². The minimum atomic E-state index is 0.495. The summed E-state index contributed by atoms with van der Waals surface area (Å²) < 4.78 is 10.6. The normalized spacial score (nSPS) is 16.1. The molecule has 1 aliphatic rings. The van der Waals surface area contributed by atoms with E-state index in [2.05, 4.69) is 28.1 Å². The number of aromatic nitrogens is 2. The molecular formula is C21H25N3O2. The van der Waals surface area contributed by atoms with Crippen molar-refractivity contribution in [1.29, 1.82) is 0 Å². The molecule has 5 nitrogen and oxygen atoms in total. The van der Waals surface area contributed by atoms with Gasteiger partial charge >= 0.3 is 0 Å². The van der Waals surface area contributed by atoms with Crippen molar-refractivity contribution in [2.75, 3.05) is 27.3 Å². The SMILES string of the molecule is COc1cccc(CN2CCC(c3nc4ccc(OC)cc4[nH]3)CC2)c1. The van der Waals surface area contributed by atoms with Crippen molar-refractivity contribution in [3.63, 3.8) is 0 Å². The van der Waals surface area contributed by atoms with Crippen molar-refractivity contribution in [3.8, 4) is 11.5 Å². The highest BCUT2D eigenvalue weighted by Crippen LogP contribution is 2.29. The summed E-state index contributed by atoms with van der Waals surface area (Å²) in [5.41, 5.74) is 3.37. The minimum Gasteiger partial charge on any atom is -0.497 e. The topological polar surface area (TPSA) is 50.4 Å². The molecule has 0 atom stereocenters. The Labute approximate surface area is 153 Å². The summed E-state index contributed by atoms with van der Waals surface area (Å²) in [5, 5.41) is 0. The smallest absolute Gasteiger partial charge is 0.121 e. The molecule has 3 aromatic rings. The van der Waals surface area contributed by atoms with E-state index in [9.17, 15) is 0 Å². The van der Waals surface area contributed by atoms with Gasteiger partial charge in [0.05, 0.1) is 25.3 Å². The van der Waals surface area contributed by atoms with Crippen molar-refractivity contribution < 1.29 is 9.47 Å². The van der Waals surface area contributed by atoms with Crippen LogP contribution in [0.3, 0.4) is 0 Å². The summed E-state index contributed by atoms with van der Waals surface area (Å²) in [5.74, 6) is 3.39. The molecule has 0 saturated carbocycles. The van der Waals surface area contributed by atoms with E-state index in [1.54, 1.807) is 14.2 Å². The number of methoxy groups -OCH3 is 2. The highest BCUT2D eigenvalue weighted by atomic mass is 16.5. The van der Waals surface area contributed by atoms with Gasteiger partial charge < -0.3 is 14.5 Å². The van der Waals surface area contributed by atoms with Crippen LogP contribution in [0.15, 0.2) is 42.5 Å². The quantitative estimate of drug-likeness (QED) is 0.756. The van der Waals surface area contributed by atoms with E-state index >= 15 is 0 Å². The number of hydrogen-bond acceptors (Lipinski definition) is 4. The van der Waals surface area contributed by atoms with Crippen LogP contribution in [0, 0.1) is 0 Å². The summed E-state index contributed by atoms with van der Waals surface area (Å²) in [6.07, 6.45) is 2.25. The number of benzene rings is 2. The van der Waals surface area contributed by atoms with E-state index in [1.807, 2.05) is 24.3 Å². The molecule has 0 radical (unpaired) electrons. The molecule has 1 saturated heterocycles. The van der Waals surface area contributed by atoms with Crippen molar-refractivity contribution >= 4 is 11.0 Å². The van der Waals surface area contributed by atoms with Crippen molar-refractivity contribution in [3.05, 3.63) is 53.9 Å². The third-order valence-corrected chi connectivity index (χ3v) is 5.22. The molecule has 4 rings (SSSR count). The summed E-state index contributed by atoms with van der Waals surface area (Å²) in [7, 11) is 3.41. The van der Waals surface area contributed by atoms with Gasteiger partial charge in [0.1, 0.15) is 17.3 Å². The third kappa shape index (κ3) is 3.53. The van der Waals surface area contributed by atoms with E-state index in [-0.39, 0.29) is 0 Å². The number of rotatable bonds is 5. The van der Waals surface area contributed by atoms with E-state index < -0.39 is 0 Å². The highest BCUT2D eigenvalue weighted by molar-refractivity contribution is 5.76. The second-order valence-corrected chi connectivity index (χ2v) is 6.91. The van der Waals surface area contributed by atoms with Gasteiger partial charge in [-0.15, -0.1) is 0 Å². The fourth-order valence-corrected chi connectivity index (χ4v) is 3.72. The number of imidazole rings is 1. The van der Waals surface area contributed by atoms with Crippen LogP contribution in [0.5, 0.6) is 11.5 Å². The predicted molar refractivity (Wildman–Crippen MR) is 103 cm³/mol. The number of H-pyrrole nitrogens is 1. The zero-order valence-corrected chi connectivity index (χ0v) is 15.4. The molecule has 0 aliphatic carbocycles. The Morgan fingerprint density at radius 1 is 1.04 bits per heavy atom. The second-order valence-electron chi connectivity index (χ2n) is 6.91. The Balaban J connectivity index is 1.40. The van der Waals surface area contributed by atoms with Gasteiger partial charge in [-0.2, -0.15) is 0 Å². The molecule has 0 amide bonds. The standard InChI is InChI=1S/C21H25N3O2/c1-25-17-5-3-4-15(12-17)14-24-10-8-16(9-11-24)21-22-19-7-6-18(26-2)13-20(19)23-21/h3-7,12-13,16H,8-11,14H2,1-2H3,(H,22,23). The van der Waals surface area contributed by atoms with Crippen LogP contribution in [-0.2, 0) is 6.54 Å². The first-order valence-electron chi connectivity index (χ1n) is 9.14. The number of hydrogen-bond donors (Lipinski definition) is 1. The molecule has 136 valence electrons. The monoisotopic (exact) mass is 351 g/mol. The number of likely N-dealkylation sites (tertiary alicyclic amines) is 1. The average Bonchev–Trinajstić information content (AvgIpc) is 3.12. The summed E-state index contributed by atoms with van der Waals surface area (Å²) >= 11 is 0. The number of nitrogens with zero attached hydrogens (tertiary/aromatic N) is 2. The van der Waals surface area contributed by atoms with E-state index in [1.165, 1.54) is 5.56 Å². The van der Waals surface area contributed by atoms with E-state index in [0.717, 1.165) is 60.8 Å². The van der Waals surface area contributed by atoms with Gasteiger partial charge in [-0.25, -0.2) is 4.98 Å². The number of nitrogens with one attached hydrogen (secondary N) is 1. The Kier molecular flexibility index (Phi) is 4.80. The van der Waals surface area contributed by atoms with Gasteiger partial charge in [-0.05, 0) is 55.8 Å². The third-order valence-electron chi connectivity index (χ3n) is 5.22. The molecule has 1 aliphatic heterocycles. The molecule has 2 aromatic carbocycles. The number of aromatic amines is 1. The Bertz CT molecular complexity index is 882. The largest absolute Gasteiger partial charge is 0.497 e. The molecule has 5 heteroatoms. The molecule has 2 heterocycles. The number of fused-ring (bicyclic) bond motifs is 1. The first kappa shape index (κ1) is 16.9. The lowest BCUT2D eigenvalue weighted by Crippen LogP contribution is -2.32. The van der Waals surface area contributed by atoms with Crippen LogP contribution >= 0.6 is 0 Å². The van der Waals surface area contributed by atoms with Gasteiger partial charge in [0.15, 0.2) is 0 Å². The van der Waals surface area contributed by atoms with Crippen LogP contribution in [0.25, 0.3) is 11.0 Å². The van der Waals surface area contributed by atoms with Crippen LogP contribution < -0.4 is 9.47 Å². The molecule has 0 bridgehead atoms. The first-order chi connectivity index (χ1) is 12.7. The molecule has 26 heavy (non-hydrogen) atoms. The fraction of sp³-hybridized carbons (Fsp3) is 0.381. The molecule has 1 N–H and O–H groups in total. The van der Waals surface area contributed by atoms with Crippen LogP contribution in [0.1, 0.15) is 30.1 Å². The van der Waals surface area contributed by atoms with Crippen LogP contribution in [0.2, 0.25) is 0 Å². The molecule has 1 fully saturated rings. The first-order valence-corrected chi connectivity index (χ1v) is 9.14. The zero-order valence-electron chi connectivity index (χ0n) is 15.4. The summed E-state index contributed by atoms with van der Waals surface area (Å²) in [4.78, 5) is 10.8. The minimum absolute atomic E-state index is 0.495. The van der Waals surface area contributed by atoms with E-state index in [0.29, 0.717) is 5.92 Å². The zero-order chi connectivity index (χ0) is 17.9. The van der Waals surface area contributed by atoms with Gasteiger partial charge in [0, 0.05) is 18.5 Å². The van der Waals surface area contributed by atoms with Gasteiger partial charge in [0.2, 0.25) is 0 Å². The highest BCUT2D eigenvalue weighted by Gasteiger charge is 2.23.